The molecule has 1 aromatic carbocycles. The van der Waals surface area contributed by atoms with Gasteiger partial charge in [-0.1, -0.05) is 30.3 Å². The summed E-state index contributed by atoms with van der Waals surface area (Å²) < 4.78 is 0. The first-order valence-electron chi connectivity index (χ1n) is 11.8. The first-order valence-corrected chi connectivity index (χ1v) is 11.8. The molecular formula is C24H30N6O7. The second-order valence-electron chi connectivity index (χ2n) is 8.83. The molecule has 4 atom stereocenters. The van der Waals surface area contributed by atoms with Crippen LogP contribution in [0.15, 0.2) is 42.9 Å². The Morgan fingerprint density at radius 1 is 1.08 bits per heavy atom. The highest BCUT2D eigenvalue weighted by Crippen LogP contribution is 2.19. The number of carboxylic acid groups (broad SMARTS) is 2. The third-order valence-corrected chi connectivity index (χ3v) is 6.06. The van der Waals surface area contributed by atoms with Gasteiger partial charge in [-0.3, -0.25) is 19.2 Å². The minimum Gasteiger partial charge on any atom is -0.481 e. The van der Waals surface area contributed by atoms with E-state index in [0.29, 0.717) is 30.6 Å². The van der Waals surface area contributed by atoms with E-state index < -0.39 is 60.2 Å². The maximum atomic E-state index is 13.2. The molecule has 7 N–H and O–H groups in total. The molecule has 0 bridgehead atoms. The lowest BCUT2D eigenvalue weighted by atomic mass is 10.0. The fraction of sp³-hybridized carbons (Fsp3) is 0.417. The number of aromatic nitrogens is 2. The van der Waals surface area contributed by atoms with Crippen LogP contribution >= 0.6 is 0 Å². The molecule has 1 fully saturated rings. The molecule has 37 heavy (non-hydrogen) atoms. The van der Waals surface area contributed by atoms with Crippen molar-refractivity contribution in [1.82, 2.24) is 25.5 Å². The Morgan fingerprint density at radius 3 is 2.43 bits per heavy atom. The summed E-state index contributed by atoms with van der Waals surface area (Å²) in [6, 6.07) is 4.09. The third kappa shape index (κ3) is 7.61. The van der Waals surface area contributed by atoms with Crippen LogP contribution in [0.25, 0.3) is 0 Å². The van der Waals surface area contributed by atoms with Crippen LogP contribution in [-0.2, 0) is 36.8 Å². The van der Waals surface area contributed by atoms with E-state index in [1.165, 1.54) is 11.2 Å². The number of H-pyrrole nitrogens is 1. The maximum Gasteiger partial charge on any atom is 0.326 e. The van der Waals surface area contributed by atoms with Crippen LogP contribution in [0.1, 0.15) is 30.5 Å². The van der Waals surface area contributed by atoms with Gasteiger partial charge in [-0.05, 0) is 18.4 Å². The van der Waals surface area contributed by atoms with Crippen molar-refractivity contribution in [1.29, 1.82) is 0 Å². The van der Waals surface area contributed by atoms with E-state index in [-0.39, 0.29) is 12.8 Å². The fourth-order valence-corrected chi connectivity index (χ4v) is 4.21. The number of amides is 3. The molecule has 1 aliphatic heterocycles. The number of rotatable bonds is 12. The number of nitrogens with one attached hydrogen (secondary N) is 3. The predicted octanol–water partition coefficient (Wildman–Crippen LogP) is -0.958. The van der Waals surface area contributed by atoms with E-state index >= 15 is 0 Å². The van der Waals surface area contributed by atoms with Crippen molar-refractivity contribution in [2.75, 3.05) is 6.54 Å². The zero-order valence-electron chi connectivity index (χ0n) is 20.0. The van der Waals surface area contributed by atoms with Crippen molar-refractivity contribution < 1.29 is 34.2 Å². The summed E-state index contributed by atoms with van der Waals surface area (Å²) in [6.45, 7) is 0.322. The molecule has 0 spiro atoms. The Labute approximate surface area is 212 Å². The second-order valence-corrected chi connectivity index (χ2v) is 8.83. The number of carbonyl (C=O) groups is 5. The second kappa shape index (κ2) is 12.6. The average Bonchev–Trinajstić information content (AvgIpc) is 3.55. The van der Waals surface area contributed by atoms with E-state index in [9.17, 15) is 29.1 Å². The number of nitrogens with two attached hydrogens (primary N) is 1. The molecule has 1 aromatic heterocycles. The van der Waals surface area contributed by atoms with Crippen LogP contribution in [-0.4, -0.2) is 85.5 Å². The van der Waals surface area contributed by atoms with Gasteiger partial charge in [0, 0.05) is 31.3 Å². The predicted molar refractivity (Wildman–Crippen MR) is 129 cm³/mol. The highest BCUT2D eigenvalue weighted by atomic mass is 16.4. The van der Waals surface area contributed by atoms with Crippen LogP contribution in [0.2, 0.25) is 0 Å². The lowest BCUT2D eigenvalue weighted by Crippen LogP contribution is -2.57. The van der Waals surface area contributed by atoms with E-state index in [2.05, 4.69) is 20.6 Å². The SMILES string of the molecule is NC(Cc1cnc[nH]1)C(=O)N1CCCC1C(=O)NC(Cc1ccccc1)C(=O)NC(CC(=O)O)C(=O)O. The number of nitrogens with zero attached hydrogens (tertiary/aromatic N) is 2. The molecule has 3 amide bonds. The molecule has 2 heterocycles. The van der Waals surface area contributed by atoms with Gasteiger partial charge in [0.1, 0.15) is 18.1 Å². The van der Waals surface area contributed by atoms with Crippen molar-refractivity contribution in [3.8, 4) is 0 Å². The summed E-state index contributed by atoms with van der Waals surface area (Å²) in [4.78, 5) is 69.9. The summed E-state index contributed by atoms with van der Waals surface area (Å²) >= 11 is 0. The number of aromatic amines is 1. The van der Waals surface area contributed by atoms with Gasteiger partial charge in [-0.25, -0.2) is 9.78 Å². The molecule has 0 aliphatic carbocycles. The van der Waals surface area contributed by atoms with E-state index in [0.717, 1.165) is 0 Å². The van der Waals surface area contributed by atoms with Crippen molar-refractivity contribution in [3.05, 3.63) is 54.1 Å². The molecule has 4 unspecified atom stereocenters. The number of carboxylic acids is 2. The van der Waals surface area contributed by atoms with Gasteiger partial charge < -0.3 is 36.5 Å². The first-order chi connectivity index (χ1) is 17.7. The molecule has 1 saturated heterocycles. The summed E-state index contributed by atoms with van der Waals surface area (Å²) in [5, 5.41) is 23.1. The van der Waals surface area contributed by atoms with Gasteiger partial charge >= 0.3 is 11.9 Å². The molecule has 198 valence electrons. The van der Waals surface area contributed by atoms with E-state index in [1.807, 2.05) is 0 Å². The normalized spacial score (nSPS) is 17.4. The van der Waals surface area contributed by atoms with Gasteiger partial charge in [0.25, 0.3) is 0 Å². The third-order valence-electron chi connectivity index (χ3n) is 6.06. The molecule has 3 rings (SSSR count). The fourth-order valence-electron chi connectivity index (χ4n) is 4.21. The number of hydrogen-bond acceptors (Lipinski definition) is 7. The topological polar surface area (TPSA) is 208 Å². The van der Waals surface area contributed by atoms with Crippen molar-refractivity contribution in [2.45, 2.75) is 56.3 Å². The molecule has 1 aliphatic rings. The zero-order valence-corrected chi connectivity index (χ0v) is 20.0. The maximum absolute atomic E-state index is 13.2. The largest absolute Gasteiger partial charge is 0.481 e. The molecule has 2 aromatic rings. The number of likely N-dealkylation sites (tertiary alicyclic amines) is 1. The number of hydrogen-bond donors (Lipinski definition) is 6. The highest BCUT2D eigenvalue weighted by molar-refractivity contribution is 5.95. The Hall–Kier alpha value is -4.26. The van der Waals surface area contributed by atoms with Crippen molar-refractivity contribution >= 4 is 29.7 Å². The highest BCUT2D eigenvalue weighted by Gasteiger charge is 2.38. The number of benzene rings is 1. The van der Waals surface area contributed by atoms with Crippen molar-refractivity contribution in [3.63, 3.8) is 0 Å². The summed E-state index contributed by atoms with van der Waals surface area (Å²) in [5.74, 6) is -4.76. The first kappa shape index (κ1) is 27.3. The van der Waals surface area contributed by atoms with Gasteiger partial charge in [-0.15, -0.1) is 0 Å². The van der Waals surface area contributed by atoms with Crippen molar-refractivity contribution in [2.24, 2.45) is 5.73 Å². The number of aliphatic carboxylic acids is 2. The zero-order chi connectivity index (χ0) is 26.9. The van der Waals surface area contributed by atoms with Gasteiger partial charge in [0.05, 0.1) is 18.8 Å². The van der Waals surface area contributed by atoms with Crippen LogP contribution in [0.5, 0.6) is 0 Å². The number of carbonyl (C=O) groups excluding carboxylic acids is 3. The summed E-state index contributed by atoms with van der Waals surface area (Å²) in [5.41, 5.74) is 7.45. The summed E-state index contributed by atoms with van der Waals surface area (Å²) in [6.07, 6.45) is 3.37. The van der Waals surface area contributed by atoms with Crippen LogP contribution < -0.4 is 16.4 Å². The molecule has 13 nitrogen and oxygen atoms in total. The quantitative estimate of drug-likeness (QED) is 0.206. The Morgan fingerprint density at radius 2 is 1.81 bits per heavy atom. The molecular weight excluding hydrogens is 484 g/mol. The van der Waals surface area contributed by atoms with Crippen LogP contribution in [0, 0.1) is 0 Å². The molecule has 0 radical (unpaired) electrons. The van der Waals surface area contributed by atoms with Gasteiger partial charge in [-0.2, -0.15) is 0 Å². The van der Waals surface area contributed by atoms with Crippen LogP contribution in [0.3, 0.4) is 0 Å². The number of imidazole rings is 1. The molecule has 0 saturated carbocycles. The van der Waals surface area contributed by atoms with E-state index in [1.54, 1.807) is 36.5 Å². The minimum atomic E-state index is -1.68. The molecule has 13 heteroatoms. The lowest BCUT2D eigenvalue weighted by Gasteiger charge is -2.28. The van der Waals surface area contributed by atoms with Gasteiger partial charge in [0.2, 0.25) is 17.7 Å². The Kier molecular flexibility index (Phi) is 9.33. The summed E-state index contributed by atoms with van der Waals surface area (Å²) in [7, 11) is 0. The minimum absolute atomic E-state index is 0.0256. The monoisotopic (exact) mass is 514 g/mol. The van der Waals surface area contributed by atoms with Gasteiger partial charge in [0.15, 0.2) is 0 Å². The lowest BCUT2D eigenvalue weighted by molar-refractivity contribution is -0.147. The van der Waals surface area contributed by atoms with E-state index in [4.69, 9.17) is 10.8 Å². The average molecular weight is 515 g/mol. The smallest absolute Gasteiger partial charge is 0.326 e. The Bertz CT molecular complexity index is 1110. The van der Waals surface area contributed by atoms with Crippen LogP contribution in [0.4, 0.5) is 0 Å². The Balaban J connectivity index is 1.73. The standard InChI is InChI=1S/C24H30N6O7/c25-16(10-15-12-26-13-27-15)23(35)30-8-4-7-19(30)22(34)28-17(9-14-5-2-1-3-6-14)21(33)29-18(24(36)37)11-20(31)32/h1-3,5-6,12-13,16-19H,4,7-11,25H2,(H,26,27)(H,28,34)(H,29,33)(H,31,32)(H,36,37).